The Hall–Kier alpha value is -2.48. The second-order valence-electron chi connectivity index (χ2n) is 7.75. The van der Waals surface area contributed by atoms with Crippen LogP contribution in [-0.2, 0) is 5.41 Å². The molecule has 0 aromatic heterocycles. The smallest absolute Gasteiger partial charge is 0.119 e. The summed E-state index contributed by atoms with van der Waals surface area (Å²) in [5.74, 6) is 2.61. The summed E-state index contributed by atoms with van der Waals surface area (Å²) in [6.07, 6.45) is 9.90. The Morgan fingerprint density at radius 2 is 1.32 bits per heavy atom. The molecule has 0 unspecified atom stereocenters. The van der Waals surface area contributed by atoms with E-state index in [2.05, 4.69) is 68.6 Å². The first-order valence-electron chi connectivity index (χ1n) is 10.4. The molecule has 0 radical (unpaired) electrons. The predicted octanol–water partition coefficient (Wildman–Crippen LogP) is 6.70. The fourth-order valence-corrected chi connectivity index (χ4v) is 4.31. The minimum absolute atomic E-state index is 0.104. The van der Waals surface area contributed by atoms with Gasteiger partial charge in [0.05, 0.1) is 0 Å². The third-order valence-electron chi connectivity index (χ3n) is 5.79. The van der Waals surface area contributed by atoms with E-state index >= 15 is 0 Å². The van der Waals surface area contributed by atoms with Crippen molar-refractivity contribution in [1.82, 2.24) is 0 Å². The average Bonchev–Trinajstić information content (AvgIpc) is 2.71. The highest BCUT2D eigenvalue weighted by Crippen LogP contribution is 2.54. The van der Waals surface area contributed by atoms with Gasteiger partial charge in [0.25, 0.3) is 0 Å². The van der Waals surface area contributed by atoms with E-state index in [0.29, 0.717) is 13.2 Å². The molecule has 3 rings (SSSR count). The van der Waals surface area contributed by atoms with E-state index in [1.165, 1.54) is 43.2 Å². The van der Waals surface area contributed by atoms with Gasteiger partial charge in [-0.15, -0.1) is 0 Å². The van der Waals surface area contributed by atoms with E-state index in [9.17, 15) is 0 Å². The molecule has 1 saturated carbocycles. The van der Waals surface area contributed by atoms with Gasteiger partial charge in [-0.25, -0.2) is 0 Å². The molecule has 2 aromatic carbocycles. The van der Waals surface area contributed by atoms with Crippen LogP contribution in [-0.4, -0.2) is 13.2 Å². The topological polar surface area (TPSA) is 18.5 Å². The molecule has 2 nitrogen and oxygen atoms in total. The molecule has 0 aliphatic heterocycles. The van der Waals surface area contributed by atoms with Crippen LogP contribution in [0, 0.1) is 5.92 Å². The maximum atomic E-state index is 5.67. The van der Waals surface area contributed by atoms with Crippen molar-refractivity contribution < 1.29 is 9.47 Å². The molecule has 0 atom stereocenters. The van der Waals surface area contributed by atoms with Gasteiger partial charge in [-0.2, -0.15) is 0 Å². The Morgan fingerprint density at radius 1 is 0.857 bits per heavy atom. The van der Waals surface area contributed by atoms with Crippen molar-refractivity contribution in [2.45, 2.75) is 44.4 Å². The normalized spacial score (nSPS) is 15.5. The zero-order valence-electron chi connectivity index (χ0n) is 17.0. The first-order valence-corrected chi connectivity index (χ1v) is 10.4. The molecule has 0 spiro atoms. The van der Waals surface area contributed by atoms with Crippen LogP contribution in [0.25, 0.3) is 0 Å². The molecule has 2 heteroatoms. The minimum Gasteiger partial charge on any atom is -0.490 e. The van der Waals surface area contributed by atoms with Gasteiger partial charge in [-0.1, -0.05) is 75.8 Å². The first-order chi connectivity index (χ1) is 13.7. The lowest BCUT2D eigenvalue weighted by Gasteiger charge is -2.49. The van der Waals surface area contributed by atoms with Gasteiger partial charge in [-0.3, -0.25) is 0 Å². The standard InChI is InChI=1S/C26H32O2/c1-4-7-8-21-19-26(20-21,22-9-13-24(14-10-22)27-17-5-2)23-11-15-25(16-12-23)28-18-6-3/h5-6,9-16,21H,2-4,7-8,17-20H2,1H3. The summed E-state index contributed by atoms with van der Waals surface area (Å²) in [4.78, 5) is 0. The number of hydrogen-bond donors (Lipinski definition) is 0. The Bertz CT molecular complexity index is 695. The summed E-state index contributed by atoms with van der Waals surface area (Å²) in [7, 11) is 0. The van der Waals surface area contributed by atoms with Crippen molar-refractivity contribution in [2.75, 3.05) is 13.2 Å². The fraction of sp³-hybridized carbons (Fsp3) is 0.385. The van der Waals surface area contributed by atoms with E-state index in [1.54, 1.807) is 12.2 Å². The molecule has 1 fully saturated rings. The molecule has 0 heterocycles. The van der Waals surface area contributed by atoms with E-state index in [1.807, 2.05) is 0 Å². The van der Waals surface area contributed by atoms with Crippen LogP contribution in [0.1, 0.15) is 50.2 Å². The van der Waals surface area contributed by atoms with E-state index < -0.39 is 0 Å². The van der Waals surface area contributed by atoms with Gasteiger partial charge in [0.15, 0.2) is 0 Å². The van der Waals surface area contributed by atoms with Crippen LogP contribution in [0.5, 0.6) is 11.5 Å². The Balaban J connectivity index is 1.82. The average molecular weight is 377 g/mol. The molecular formula is C26H32O2. The molecule has 2 aromatic rings. The predicted molar refractivity (Wildman–Crippen MR) is 117 cm³/mol. The summed E-state index contributed by atoms with van der Waals surface area (Å²) in [6, 6.07) is 17.3. The second-order valence-corrected chi connectivity index (χ2v) is 7.75. The molecule has 1 aliphatic rings. The van der Waals surface area contributed by atoms with Gasteiger partial charge < -0.3 is 9.47 Å². The lowest BCUT2D eigenvalue weighted by atomic mass is 9.54. The minimum atomic E-state index is 0.104. The highest BCUT2D eigenvalue weighted by Gasteiger charge is 2.46. The van der Waals surface area contributed by atoms with Gasteiger partial charge in [0, 0.05) is 5.41 Å². The zero-order valence-corrected chi connectivity index (χ0v) is 17.0. The summed E-state index contributed by atoms with van der Waals surface area (Å²) in [5.41, 5.74) is 2.86. The second kappa shape index (κ2) is 9.64. The maximum Gasteiger partial charge on any atom is 0.119 e. The molecule has 0 bridgehead atoms. The first kappa shape index (κ1) is 20.3. The zero-order chi connectivity index (χ0) is 19.8. The summed E-state index contributed by atoms with van der Waals surface area (Å²) in [5, 5.41) is 0. The number of unbranched alkanes of at least 4 members (excludes halogenated alkanes) is 1. The monoisotopic (exact) mass is 376 g/mol. The van der Waals surface area contributed by atoms with Gasteiger partial charge in [-0.05, 0) is 54.2 Å². The number of ether oxygens (including phenoxy) is 2. The van der Waals surface area contributed by atoms with Crippen LogP contribution >= 0.6 is 0 Å². The van der Waals surface area contributed by atoms with Crippen molar-refractivity contribution in [1.29, 1.82) is 0 Å². The van der Waals surface area contributed by atoms with E-state index in [0.717, 1.165) is 17.4 Å². The Morgan fingerprint density at radius 3 is 1.71 bits per heavy atom. The van der Waals surface area contributed by atoms with E-state index in [-0.39, 0.29) is 5.41 Å². The van der Waals surface area contributed by atoms with Gasteiger partial charge in [0.1, 0.15) is 24.7 Å². The van der Waals surface area contributed by atoms with Crippen LogP contribution in [0.2, 0.25) is 0 Å². The molecule has 148 valence electrons. The molecular weight excluding hydrogens is 344 g/mol. The van der Waals surface area contributed by atoms with Crippen molar-refractivity contribution in [3.05, 3.63) is 85.0 Å². The summed E-state index contributed by atoms with van der Waals surface area (Å²) in [6.45, 7) is 10.8. The highest BCUT2D eigenvalue weighted by atomic mass is 16.5. The molecule has 28 heavy (non-hydrogen) atoms. The summed E-state index contributed by atoms with van der Waals surface area (Å²) >= 11 is 0. The van der Waals surface area contributed by atoms with Crippen molar-refractivity contribution in [2.24, 2.45) is 5.92 Å². The Labute approximate surface area is 169 Å². The van der Waals surface area contributed by atoms with Crippen molar-refractivity contribution >= 4 is 0 Å². The Kier molecular flexibility index (Phi) is 6.97. The molecule has 0 saturated heterocycles. The number of rotatable bonds is 11. The summed E-state index contributed by atoms with van der Waals surface area (Å²) < 4.78 is 11.3. The lowest BCUT2D eigenvalue weighted by Crippen LogP contribution is -2.42. The van der Waals surface area contributed by atoms with Crippen LogP contribution < -0.4 is 9.47 Å². The van der Waals surface area contributed by atoms with E-state index in [4.69, 9.17) is 9.47 Å². The number of benzene rings is 2. The quantitative estimate of drug-likeness (QED) is 0.406. The van der Waals surface area contributed by atoms with Crippen LogP contribution in [0.3, 0.4) is 0 Å². The maximum absolute atomic E-state index is 5.67. The molecule has 0 amide bonds. The van der Waals surface area contributed by atoms with Gasteiger partial charge in [0.2, 0.25) is 0 Å². The fourth-order valence-electron chi connectivity index (χ4n) is 4.31. The SMILES string of the molecule is C=CCOc1ccc(C2(c3ccc(OCC=C)cc3)CC(CCCC)C2)cc1. The lowest BCUT2D eigenvalue weighted by molar-refractivity contribution is 0.168. The van der Waals surface area contributed by atoms with Crippen molar-refractivity contribution in [3.63, 3.8) is 0 Å². The third-order valence-corrected chi connectivity index (χ3v) is 5.79. The highest BCUT2D eigenvalue weighted by molar-refractivity contribution is 5.45. The molecule has 0 N–H and O–H groups in total. The van der Waals surface area contributed by atoms with Gasteiger partial charge >= 0.3 is 0 Å². The molecule has 1 aliphatic carbocycles. The third kappa shape index (κ3) is 4.49. The van der Waals surface area contributed by atoms with Crippen LogP contribution in [0.4, 0.5) is 0 Å². The van der Waals surface area contributed by atoms with Crippen LogP contribution in [0.15, 0.2) is 73.8 Å². The largest absolute Gasteiger partial charge is 0.490 e. The van der Waals surface area contributed by atoms with Crippen molar-refractivity contribution in [3.8, 4) is 11.5 Å². The number of hydrogen-bond acceptors (Lipinski definition) is 2.